The zero-order valence-electron chi connectivity index (χ0n) is 13.3. The van der Waals surface area contributed by atoms with Gasteiger partial charge in [0.15, 0.2) is 17.2 Å². The fraction of sp³-hybridized carbons (Fsp3) is 0.250. The molecule has 1 aromatic carbocycles. The standard InChI is InChI=1S/C16H17N5O3/c1-8(2)7-21-15-12(19-16(21)24)11(13(17)23)18-14(20-15)9-4-3-5-10(22)6-9/h3-6,8,22H,7H2,1-2H3,(H2,17,23)(H,19,24). The molecule has 0 spiro atoms. The summed E-state index contributed by atoms with van der Waals surface area (Å²) in [4.78, 5) is 35.1. The molecule has 0 saturated heterocycles. The highest BCUT2D eigenvalue weighted by Gasteiger charge is 2.19. The summed E-state index contributed by atoms with van der Waals surface area (Å²) < 4.78 is 1.46. The van der Waals surface area contributed by atoms with Crippen molar-refractivity contribution < 1.29 is 9.90 Å². The maximum Gasteiger partial charge on any atom is 0.327 e. The summed E-state index contributed by atoms with van der Waals surface area (Å²) in [7, 11) is 0. The van der Waals surface area contributed by atoms with Gasteiger partial charge < -0.3 is 15.8 Å². The van der Waals surface area contributed by atoms with Crippen LogP contribution in [0.5, 0.6) is 5.75 Å². The highest BCUT2D eigenvalue weighted by atomic mass is 16.3. The maximum absolute atomic E-state index is 12.2. The van der Waals surface area contributed by atoms with Crippen LogP contribution in [-0.4, -0.2) is 30.5 Å². The third-order valence-corrected chi connectivity index (χ3v) is 3.51. The molecule has 0 bridgehead atoms. The summed E-state index contributed by atoms with van der Waals surface area (Å²) >= 11 is 0. The van der Waals surface area contributed by atoms with Gasteiger partial charge in [-0.05, 0) is 18.1 Å². The highest BCUT2D eigenvalue weighted by Crippen LogP contribution is 2.23. The van der Waals surface area contributed by atoms with Gasteiger partial charge in [0.1, 0.15) is 11.3 Å². The Morgan fingerprint density at radius 2 is 2.12 bits per heavy atom. The Labute approximate surface area is 137 Å². The largest absolute Gasteiger partial charge is 0.508 e. The molecule has 8 nitrogen and oxygen atoms in total. The lowest BCUT2D eigenvalue weighted by atomic mass is 10.2. The summed E-state index contributed by atoms with van der Waals surface area (Å²) in [6.45, 7) is 4.38. The second-order valence-corrected chi connectivity index (χ2v) is 5.94. The Morgan fingerprint density at radius 3 is 2.75 bits per heavy atom. The Morgan fingerprint density at radius 1 is 1.38 bits per heavy atom. The molecule has 24 heavy (non-hydrogen) atoms. The van der Waals surface area contributed by atoms with Crippen LogP contribution in [0.1, 0.15) is 24.3 Å². The number of phenols is 1. The van der Waals surface area contributed by atoms with Crippen LogP contribution in [0.25, 0.3) is 22.6 Å². The number of hydrogen-bond acceptors (Lipinski definition) is 5. The molecule has 0 aliphatic rings. The third kappa shape index (κ3) is 2.73. The molecular formula is C16H17N5O3. The van der Waals surface area contributed by atoms with E-state index in [0.29, 0.717) is 17.8 Å². The maximum atomic E-state index is 12.2. The lowest BCUT2D eigenvalue weighted by Gasteiger charge is -2.08. The minimum Gasteiger partial charge on any atom is -0.508 e. The third-order valence-electron chi connectivity index (χ3n) is 3.51. The number of nitrogens with zero attached hydrogens (tertiary/aromatic N) is 3. The van der Waals surface area contributed by atoms with Gasteiger partial charge in [-0.25, -0.2) is 14.8 Å². The van der Waals surface area contributed by atoms with Gasteiger partial charge in [0, 0.05) is 12.1 Å². The highest BCUT2D eigenvalue weighted by molar-refractivity contribution is 6.01. The van der Waals surface area contributed by atoms with E-state index < -0.39 is 5.91 Å². The molecule has 0 fully saturated rings. The second kappa shape index (κ2) is 5.80. The first-order valence-corrected chi connectivity index (χ1v) is 7.46. The minimum atomic E-state index is -0.762. The number of amides is 1. The second-order valence-electron chi connectivity index (χ2n) is 5.94. The first kappa shape index (κ1) is 15.7. The Balaban J connectivity index is 2.32. The summed E-state index contributed by atoms with van der Waals surface area (Å²) in [5.41, 5.74) is 6.03. The van der Waals surface area contributed by atoms with E-state index in [0.717, 1.165) is 0 Å². The number of aromatic nitrogens is 4. The molecule has 0 saturated carbocycles. The number of hydrogen-bond donors (Lipinski definition) is 3. The summed E-state index contributed by atoms with van der Waals surface area (Å²) in [6, 6.07) is 6.33. The number of aromatic hydroxyl groups is 1. The van der Waals surface area contributed by atoms with Crippen molar-refractivity contribution in [2.75, 3.05) is 0 Å². The van der Waals surface area contributed by atoms with Crippen LogP contribution in [0.4, 0.5) is 0 Å². The zero-order valence-corrected chi connectivity index (χ0v) is 13.3. The number of aromatic amines is 1. The fourth-order valence-electron chi connectivity index (χ4n) is 2.52. The van der Waals surface area contributed by atoms with E-state index in [4.69, 9.17) is 5.73 Å². The number of nitrogens with one attached hydrogen (secondary N) is 1. The molecular weight excluding hydrogens is 310 g/mol. The number of primary amides is 1. The predicted octanol–water partition coefficient (Wildman–Crippen LogP) is 1.25. The van der Waals surface area contributed by atoms with Crippen molar-refractivity contribution in [3.05, 3.63) is 40.4 Å². The topological polar surface area (TPSA) is 127 Å². The molecule has 0 atom stereocenters. The Hall–Kier alpha value is -3.16. The number of carbonyl (C=O) groups is 1. The van der Waals surface area contributed by atoms with Crippen molar-refractivity contribution in [2.24, 2.45) is 11.7 Å². The van der Waals surface area contributed by atoms with Crippen LogP contribution in [0.3, 0.4) is 0 Å². The zero-order chi connectivity index (χ0) is 17.4. The van der Waals surface area contributed by atoms with Crippen LogP contribution >= 0.6 is 0 Å². The monoisotopic (exact) mass is 327 g/mol. The van der Waals surface area contributed by atoms with E-state index in [1.54, 1.807) is 12.1 Å². The van der Waals surface area contributed by atoms with E-state index >= 15 is 0 Å². The van der Waals surface area contributed by atoms with E-state index in [1.165, 1.54) is 16.7 Å². The molecule has 2 aromatic heterocycles. The molecule has 0 unspecified atom stereocenters. The summed E-state index contributed by atoms with van der Waals surface area (Å²) in [6.07, 6.45) is 0. The number of rotatable bonds is 4. The lowest BCUT2D eigenvalue weighted by molar-refractivity contribution is 0.0997. The minimum absolute atomic E-state index is 0.0467. The van der Waals surface area contributed by atoms with Gasteiger partial charge in [0.2, 0.25) is 0 Å². The number of phenolic OH excluding ortho intramolecular Hbond substituents is 1. The average molecular weight is 327 g/mol. The van der Waals surface area contributed by atoms with E-state index in [2.05, 4.69) is 15.0 Å². The molecule has 4 N–H and O–H groups in total. The van der Waals surface area contributed by atoms with Gasteiger partial charge in [-0.3, -0.25) is 9.36 Å². The molecule has 1 amide bonds. The van der Waals surface area contributed by atoms with Crippen molar-refractivity contribution in [3.63, 3.8) is 0 Å². The molecule has 3 rings (SSSR count). The van der Waals surface area contributed by atoms with Crippen molar-refractivity contribution in [1.29, 1.82) is 0 Å². The Kier molecular flexibility index (Phi) is 3.80. The molecule has 3 aromatic rings. The van der Waals surface area contributed by atoms with E-state index in [1.807, 2.05) is 13.8 Å². The number of imidazole rings is 1. The molecule has 2 heterocycles. The normalized spacial score (nSPS) is 11.3. The lowest BCUT2D eigenvalue weighted by Crippen LogP contribution is -2.19. The number of carbonyl (C=O) groups excluding carboxylic acids is 1. The smallest absolute Gasteiger partial charge is 0.327 e. The van der Waals surface area contributed by atoms with Crippen LogP contribution in [0.15, 0.2) is 29.1 Å². The fourth-order valence-corrected chi connectivity index (χ4v) is 2.52. The predicted molar refractivity (Wildman–Crippen MR) is 88.6 cm³/mol. The molecule has 0 aliphatic carbocycles. The van der Waals surface area contributed by atoms with Crippen molar-refractivity contribution in [1.82, 2.24) is 19.5 Å². The van der Waals surface area contributed by atoms with Gasteiger partial charge >= 0.3 is 5.69 Å². The van der Waals surface area contributed by atoms with E-state index in [-0.39, 0.29) is 34.4 Å². The van der Waals surface area contributed by atoms with Gasteiger partial charge in [-0.15, -0.1) is 0 Å². The van der Waals surface area contributed by atoms with E-state index in [9.17, 15) is 14.7 Å². The molecule has 0 aliphatic heterocycles. The van der Waals surface area contributed by atoms with Gasteiger partial charge in [-0.1, -0.05) is 26.0 Å². The first-order chi connectivity index (χ1) is 11.4. The van der Waals surface area contributed by atoms with Gasteiger partial charge in [0.05, 0.1) is 0 Å². The van der Waals surface area contributed by atoms with Crippen LogP contribution in [0, 0.1) is 5.92 Å². The summed E-state index contributed by atoms with van der Waals surface area (Å²) in [5, 5.41) is 9.64. The van der Waals surface area contributed by atoms with Crippen molar-refractivity contribution >= 4 is 17.1 Å². The Bertz CT molecular complexity index is 987. The number of benzene rings is 1. The first-order valence-electron chi connectivity index (χ1n) is 7.46. The molecule has 8 heteroatoms. The SMILES string of the molecule is CC(C)Cn1c(=O)[nH]c2c(C(N)=O)nc(-c3cccc(O)c3)nc21. The van der Waals surface area contributed by atoms with Crippen LogP contribution < -0.4 is 11.4 Å². The van der Waals surface area contributed by atoms with Gasteiger partial charge in [0.25, 0.3) is 5.91 Å². The molecule has 0 radical (unpaired) electrons. The average Bonchev–Trinajstić information content (AvgIpc) is 2.82. The van der Waals surface area contributed by atoms with Crippen molar-refractivity contribution in [2.45, 2.75) is 20.4 Å². The van der Waals surface area contributed by atoms with Crippen LogP contribution in [-0.2, 0) is 6.54 Å². The summed E-state index contributed by atoms with van der Waals surface area (Å²) in [5.74, 6) is -0.297. The number of fused-ring (bicyclic) bond motifs is 1. The van der Waals surface area contributed by atoms with Crippen LogP contribution in [0.2, 0.25) is 0 Å². The number of nitrogens with two attached hydrogens (primary N) is 1. The van der Waals surface area contributed by atoms with Crippen molar-refractivity contribution in [3.8, 4) is 17.1 Å². The molecule has 124 valence electrons. The number of H-pyrrole nitrogens is 1. The van der Waals surface area contributed by atoms with Gasteiger partial charge in [-0.2, -0.15) is 0 Å². The quantitative estimate of drug-likeness (QED) is 0.664.